The molecule has 0 amide bonds. The van der Waals surface area contributed by atoms with Gasteiger partial charge in [-0.1, -0.05) is 164 Å². The molecular formula is C50H36N6. The Balaban J connectivity index is 1.10. The van der Waals surface area contributed by atoms with Crippen LogP contribution in [-0.2, 0) is 0 Å². The van der Waals surface area contributed by atoms with E-state index in [4.69, 9.17) is 29.9 Å². The lowest BCUT2D eigenvalue weighted by Gasteiger charge is -2.13. The number of benzene rings is 7. The van der Waals surface area contributed by atoms with Gasteiger partial charge in [-0.05, 0) is 65.4 Å². The average Bonchev–Trinajstić information content (AvgIpc) is 3.27. The Kier molecular flexibility index (Phi) is 9.27. The molecule has 0 aliphatic heterocycles. The van der Waals surface area contributed by atoms with Crippen molar-refractivity contribution in [2.24, 2.45) is 0 Å². The summed E-state index contributed by atoms with van der Waals surface area (Å²) < 4.78 is 0. The van der Waals surface area contributed by atoms with Gasteiger partial charge in [0.15, 0.2) is 34.9 Å². The molecule has 56 heavy (non-hydrogen) atoms. The second-order valence-corrected chi connectivity index (χ2v) is 13.7. The highest BCUT2D eigenvalue weighted by molar-refractivity contribution is 5.80. The molecule has 0 fully saturated rings. The lowest BCUT2D eigenvalue weighted by Crippen LogP contribution is -2.01. The highest BCUT2D eigenvalue weighted by Gasteiger charge is 2.16. The first-order valence-electron chi connectivity index (χ1n) is 18.6. The van der Waals surface area contributed by atoms with Gasteiger partial charge in [0.1, 0.15) is 0 Å². The molecule has 9 aromatic rings. The van der Waals surface area contributed by atoms with Gasteiger partial charge in [-0.15, -0.1) is 0 Å². The van der Waals surface area contributed by atoms with Gasteiger partial charge in [-0.2, -0.15) is 0 Å². The van der Waals surface area contributed by atoms with Crippen molar-refractivity contribution in [3.8, 4) is 90.6 Å². The summed E-state index contributed by atoms with van der Waals surface area (Å²) in [5.74, 6) is 3.82. The molecule has 2 aromatic heterocycles. The molecular weight excluding hydrogens is 685 g/mol. The van der Waals surface area contributed by atoms with Crippen LogP contribution in [-0.4, -0.2) is 29.9 Å². The molecule has 0 aliphatic carbocycles. The second-order valence-electron chi connectivity index (χ2n) is 13.7. The van der Waals surface area contributed by atoms with Crippen molar-refractivity contribution >= 4 is 0 Å². The van der Waals surface area contributed by atoms with Crippen molar-refractivity contribution in [3.05, 3.63) is 193 Å². The van der Waals surface area contributed by atoms with Gasteiger partial charge in [0.25, 0.3) is 0 Å². The van der Waals surface area contributed by atoms with Crippen LogP contribution in [0.5, 0.6) is 0 Å². The van der Waals surface area contributed by atoms with Crippen molar-refractivity contribution in [2.45, 2.75) is 13.8 Å². The lowest BCUT2D eigenvalue weighted by molar-refractivity contribution is 1.07. The van der Waals surface area contributed by atoms with E-state index in [1.54, 1.807) is 0 Å². The highest BCUT2D eigenvalue weighted by Crippen LogP contribution is 2.34. The van der Waals surface area contributed by atoms with Gasteiger partial charge in [0.05, 0.1) is 0 Å². The van der Waals surface area contributed by atoms with Crippen LogP contribution in [0, 0.1) is 13.8 Å². The summed E-state index contributed by atoms with van der Waals surface area (Å²) in [6, 6.07) is 61.9. The summed E-state index contributed by atoms with van der Waals surface area (Å²) in [6.07, 6.45) is 0. The van der Waals surface area contributed by atoms with Gasteiger partial charge >= 0.3 is 0 Å². The molecule has 6 heteroatoms. The topological polar surface area (TPSA) is 77.3 Å². The maximum Gasteiger partial charge on any atom is 0.164 e. The SMILES string of the molecule is Cc1ccc(-c2cccc(-c3nc(-c4ccccc4)nc(-c4ccccc4C)n3)c2)cc1-c1cccc(-c2nc(-c3ccccc3)nc(-c3ccccc3)n2)c1. The van der Waals surface area contributed by atoms with E-state index in [2.05, 4.69) is 92.7 Å². The molecule has 0 aliphatic rings. The van der Waals surface area contributed by atoms with Gasteiger partial charge in [-0.3, -0.25) is 0 Å². The third-order valence-corrected chi connectivity index (χ3v) is 9.88. The minimum atomic E-state index is 0.623. The summed E-state index contributed by atoms with van der Waals surface area (Å²) >= 11 is 0. The molecule has 0 unspecified atom stereocenters. The van der Waals surface area contributed by atoms with Crippen molar-refractivity contribution in [3.63, 3.8) is 0 Å². The molecule has 0 bridgehead atoms. The molecule has 0 radical (unpaired) electrons. The van der Waals surface area contributed by atoms with E-state index in [0.717, 1.165) is 61.2 Å². The third-order valence-electron chi connectivity index (χ3n) is 9.88. The Morgan fingerprint density at radius 1 is 0.232 bits per heavy atom. The highest BCUT2D eigenvalue weighted by atomic mass is 15.0. The van der Waals surface area contributed by atoms with Crippen LogP contribution in [0.4, 0.5) is 0 Å². The molecule has 0 atom stereocenters. The van der Waals surface area contributed by atoms with E-state index in [-0.39, 0.29) is 0 Å². The van der Waals surface area contributed by atoms with Crippen molar-refractivity contribution in [2.75, 3.05) is 0 Å². The summed E-state index contributed by atoms with van der Waals surface area (Å²) in [4.78, 5) is 29.8. The number of hydrogen-bond donors (Lipinski definition) is 0. The van der Waals surface area contributed by atoms with E-state index < -0.39 is 0 Å². The zero-order valence-corrected chi connectivity index (χ0v) is 31.0. The van der Waals surface area contributed by atoms with E-state index >= 15 is 0 Å². The van der Waals surface area contributed by atoms with E-state index in [1.807, 2.05) is 103 Å². The molecule has 266 valence electrons. The maximum atomic E-state index is 5.03. The average molecular weight is 721 g/mol. The number of hydrogen-bond acceptors (Lipinski definition) is 6. The van der Waals surface area contributed by atoms with Crippen LogP contribution in [0.25, 0.3) is 90.6 Å². The Morgan fingerprint density at radius 2 is 0.589 bits per heavy atom. The smallest absolute Gasteiger partial charge is 0.164 e. The first-order valence-corrected chi connectivity index (χ1v) is 18.6. The summed E-state index contributed by atoms with van der Waals surface area (Å²) in [5.41, 5.74) is 12.3. The molecule has 2 heterocycles. The number of aromatic nitrogens is 6. The quantitative estimate of drug-likeness (QED) is 0.155. The monoisotopic (exact) mass is 720 g/mol. The Bertz CT molecular complexity index is 2760. The Hall–Kier alpha value is -7.44. The standard InChI is InChI=1S/C50H36N6/c1-33-16-12-13-27-43(33)50-55-47(37-21-10-5-11-22-37)54-49(56-50)41-25-14-23-38(30-41)39-29-28-34(2)44(32-39)40-24-15-26-42(31-40)48-52-45(35-17-6-3-7-18-35)51-46(53-48)36-19-8-4-9-20-36/h3-32H,1-2H3. The zero-order chi connectivity index (χ0) is 37.8. The zero-order valence-electron chi connectivity index (χ0n) is 31.0. The van der Waals surface area contributed by atoms with Crippen LogP contribution < -0.4 is 0 Å². The minimum Gasteiger partial charge on any atom is -0.208 e. The van der Waals surface area contributed by atoms with E-state index in [1.165, 1.54) is 5.56 Å². The Morgan fingerprint density at radius 3 is 1.11 bits per heavy atom. The predicted molar refractivity (Wildman–Crippen MR) is 226 cm³/mol. The molecule has 0 N–H and O–H groups in total. The van der Waals surface area contributed by atoms with Crippen LogP contribution in [0.15, 0.2) is 182 Å². The fourth-order valence-electron chi connectivity index (χ4n) is 6.88. The minimum absolute atomic E-state index is 0.623. The third kappa shape index (κ3) is 7.11. The molecule has 0 spiro atoms. The van der Waals surface area contributed by atoms with E-state index in [0.29, 0.717) is 34.9 Å². The van der Waals surface area contributed by atoms with Gasteiger partial charge in [0, 0.05) is 33.4 Å². The fourth-order valence-corrected chi connectivity index (χ4v) is 6.88. The van der Waals surface area contributed by atoms with Crippen molar-refractivity contribution in [1.29, 1.82) is 0 Å². The van der Waals surface area contributed by atoms with Gasteiger partial charge in [-0.25, -0.2) is 29.9 Å². The number of aryl methyl sites for hydroxylation is 2. The Labute approximate surface area is 326 Å². The van der Waals surface area contributed by atoms with E-state index in [9.17, 15) is 0 Å². The normalized spacial score (nSPS) is 11.0. The predicted octanol–water partition coefficient (Wildman–Crippen LogP) is 12.0. The van der Waals surface area contributed by atoms with Crippen LogP contribution in [0.2, 0.25) is 0 Å². The van der Waals surface area contributed by atoms with Gasteiger partial charge in [0.2, 0.25) is 0 Å². The first kappa shape index (κ1) is 34.3. The second kappa shape index (κ2) is 15.1. The number of rotatable bonds is 8. The summed E-state index contributed by atoms with van der Waals surface area (Å²) in [5, 5.41) is 0. The first-order chi connectivity index (χ1) is 27.6. The van der Waals surface area contributed by atoms with Crippen LogP contribution in [0.1, 0.15) is 11.1 Å². The van der Waals surface area contributed by atoms with Gasteiger partial charge < -0.3 is 0 Å². The summed E-state index contributed by atoms with van der Waals surface area (Å²) in [7, 11) is 0. The molecule has 9 rings (SSSR count). The van der Waals surface area contributed by atoms with Crippen molar-refractivity contribution in [1.82, 2.24) is 29.9 Å². The largest absolute Gasteiger partial charge is 0.208 e. The maximum absolute atomic E-state index is 5.03. The molecule has 6 nitrogen and oxygen atoms in total. The van der Waals surface area contributed by atoms with Crippen molar-refractivity contribution < 1.29 is 0 Å². The molecule has 7 aromatic carbocycles. The lowest BCUT2D eigenvalue weighted by atomic mass is 9.93. The van der Waals surface area contributed by atoms with Crippen LogP contribution >= 0.6 is 0 Å². The molecule has 0 saturated heterocycles. The number of nitrogens with zero attached hydrogens (tertiary/aromatic N) is 6. The van der Waals surface area contributed by atoms with Crippen LogP contribution in [0.3, 0.4) is 0 Å². The fraction of sp³-hybridized carbons (Fsp3) is 0.0400. The molecule has 0 saturated carbocycles. The summed E-state index contributed by atoms with van der Waals surface area (Å²) in [6.45, 7) is 4.23.